The number of hydrogen-bond donors (Lipinski definition) is 1. The van der Waals surface area contributed by atoms with E-state index in [-0.39, 0.29) is 21.9 Å². The molecular weight excluding hydrogens is 338 g/mol. The molecule has 2 fully saturated rings. The number of nitrogens with two attached hydrogens (primary N) is 1. The minimum atomic E-state index is -3.66. The van der Waals surface area contributed by atoms with Crippen LogP contribution in [0.4, 0.5) is 0 Å². The largest absolute Gasteiger partial charge is 0.327 e. The van der Waals surface area contributed by atoms with E-state index in [9.17, 15) is 16.8 Å². The third-order valence-corrected chi connectivity index (χ3v) is 7.66. The topological polar surface area (TPSA) is 110 Å². The highest BCUT2D eigenvalue weighted by molar-refractivity contribution is 7.90. The molecule has 2 heterocycles. The van der Waals surface area contributed by atoms with Gasteiger partial charge in [0, 0.05) is 31.6 Å². The summed E-state index contributed by atoms with van der Waals surface area (Å²) in [5.74, 6) is 0.526. The van der Waals surface area contributed by atoms with Crippen molar-refractivity contribution in [2.45, 2.75) is 35.2 Å². The Bertz CT molecular complexity index is 790. The fraction of sp³-hybridized carbons (Fsp3) is 0.643. The normalized spacial score (nSPS) is 29.4. The van der Waals surface area contributed by atoms with E-state index in [1.54, 1.807) is 0 Å². The molecule has 3 rings (SSSR count). The number of nitrogens with zero attached hydrogens (tertiary/aromatic N) is 2. The summed E-state index contributed by atoms with van der Waals surface area (Å²) >= 11 is 0. The second-order valence-electron chi connectivity index (χ2n) is 6.45. The molecule has 0 spiro atoms. The molecule has 9 heteroatoms. The van der Waals surface area contributed by atoms with Crippen molar-refractivity contribution in [1.29, 1.82) is 0 Å². The SMILES string of the molecule is CS(=O)(=O)c1ccc(S(=O)(=O)N2CC3CCCC(N)C3C2)cn1. The van der Waals surface area contributed by atoms with Crippen LogP contribution in [-0.2, 0) is 19.9 Å². The molecule has 1 aliphatic heterocycles. The minimum absolute atomic E-state index is 0.0251. The number of sulfone groups is 1. The fourth-order valence-electron chi connectivity index (χ4n) is 3.56. The lowest BCUT2D eigenvalue weighted by atomic mass is 9.78. The summed E-state index contributed by atoms with van der Waals surface area (Å²) in [5, 5.41) is -0.131. The Kier molecular flexibility index (Phi) is 4.24. The number of hydrogen-bond acceptors (Lipinski definition) is 6. The Hall–Kier alpha value is -1.03. The van der Waals surface area contributed by atoms with E-state index >= 15 is 0 Å². The lowest BCUT2D eigenvalue weighted by molar-refractivity contribution is 0.260. The molecule has 1 aromatic heterocycles. The molecule has 0 bridgehead atoms. The average Bonchev–Trinajstić information content (AvgIpc) is 2.93. The van der Waals surface area contributed by atoms with Crippen LogP contribution < -0.4 is 5.73 Å². The maximum atomic E-state index is 12.7. The molecule has 1 aliphatic carbocycles. The van der Waals surface area contributed by atoms with Gasteiger partial charge in [0.15, 0.2) is 14.9 Å². The predicted molar refractivity (Wildman–Crippen MR) is 84.9 cm³/mol. The quantitative estimate of drug-likeness (QED) is 0.827. The highest BCUT2D eigenvalue weighted by Gasteiger charge is 2.43. The van der Waals surface area contributed by atoms with Crippen molar-refractivity contribution in [3.05, 3.63) is 18.3 Å². The van der Waals surface area contributed by atoms with Gasteiger partial charge in [0.2, 0.25) is 10.0 Å². The Morgan fingerprint density at radius 3 is 2.48 bits per heavy atom. The van der Waals surface area contributed by atoms with Crippen LogP contribution in [0.15, 0.2) is 28.3 Å². The van der Waals surface area contributed by atoms with Gasteiger partial charge in [-0.2, -0.15) is 4.31 Å². The third-order valence-electron chi connectivity index (χ3n) is 4.85. The maximum Gasteiger partial charge on any atom is 0.244 e. The third kappa shape index (κ3) is 3.15. The van der Waals surface area contributed by atoms with Crippen molar-refractivity contribution in [3.8, 4) is 0 Å². The maximum absolute atomic E-state index is 12.7. The molecule has 23 heavy (non-hydrogen) atoms. The molecule has 2 N–H and O–H groups in total. The van der Waals surface area contributed by atoms with Crippen LogP contribution in [0.5, 0.6) is 0 Å². The van der Waals surface area contributed by atoms with E-state index < -0.39 is 19.9 Å². The van der Waals surface area contributed by atoms with Gasteiger partial charge < -0.3 is 5.73 Å². The van der Waals surface area contributed by atoms with Crippen molar-refractivity contribution in [1.82, 2.24) is 9.29 Å². The van der Waals surface area contributed by atoms with Crippen molar-refractivity contribution >= 4 is 19.9 Å². The summed E-state index contributed by atoms with van der Waals surface area (Å²) in [6, 6.07) is 2.59. The predicted octanol–water partition coefficient (Wildman–Crippen LogP) is 0.233. The number of fused-ring (bicyclic) bond motifs is 1. The number of sulfonamides is 1. The standard InChI is InChI=1S/C14H21N3O4S2/c1-22(18,19)14-6-5-11(7-16-14)23(20,21)17-8-10-3-2-4-13(15)12(10)9-17/h5-7,10,12-13H,2-4,8-9,15H2,1H3. The minimum Gasteiger partial charge on any atom is -0.327 e. The van der Waals surface area contributed by atoms with Gasteiger partial charge in [0.25, 0.3) is 0 Å². The molecule has 0 radical (unpaired) electrons. The Morgan fingerprint density at radius 2 is 1.91 bits per heavy atom. The Morgan fingerprint density at radius 1 is 1.17 bits per heavy atom. The van der Waals surface area contributed by atoms with Crippen LogP contribution >= 0.6 is 0 Å². The smallest absolute Gasteiger partial charge is 0.244 e. The van der Waals surface area contributed by atoms with Crippen molar-refractivity contribution in [2.75, 3.05) is 19.3 Å². The van der Waals surface area contributed by atoms with E-state index in [0.717, 1.165) is 31.7 Å². The van der Waals surface area contributed by atoms with Gasteiger partial charge in [0.05, 0.1) is 0 Å². The van der Waals surface area contributed by atoms with Crippen molar-refractivity contribution < 1.29 is 16.8 Å². The zero-order chi connectivity index (χ0) is 16.8. The van der Waals surface area contributed by atoms with E-state index in [1.165, 1.54) is 16.4 Å². The van der Waals surface area contributed by atoms with Gasteiger partial charge in [0.1, 0.15) is 4.90 Å². The van der Waals surface area contributed by atoms with Gasteiger partial charge in [-0.15, -0.1) is 0 Å². The Balaban J connectivity index is 1.85. The molecule has 3 unspecified atom stereocenters. The van der Waals surface area contributed by atoms with Crippen LogP contribution in [0.1, 0.15) is 19.3 Å². The van der Waals surface area contributed by atoms with Crippen LogP contribution in [0, 0.1) is 11.8 Å². The highest BCUT2D eigenvalue weighted by atomic mass is 32.2. The summed E-state index contributed by atoms with van der Waals surface area (Å²) in [6.45, 7) is 0.913. The first kappa shape index (κ1) is 16.8. The first-order valence-corrected chi connectivity index (χ1v) is 10.9. The fourth-order valence-corrected chi connectivity index (χ4v) is 5.60. The zero-order valence-corrected chi connectivity index (χ0v) is 14.6. The van der Waals surface area contributed by atoms with Gasteiger partial charge in [-0.25, -0.2) is 21.8 Å². The Labute approximate surface area is 136 Å². The zero-order valence-electron chi connectivity index (χ0n) is 12.9. The van der Waals surface area contributed by atoms with E-state index in [2.05, 4.69) is 4.98 Å². The van der Waals surface area contributed by atoms with Crippen LogP contribution in [-0.4, -0.2) is 51.5 Å². The molecule has 2 aliphatic rings. The summed E-state index contributed by atoms with van der Waals surface area (Å²) < 4.78 is 49.8. The highest BCUT2D eigenvalue weighted by Crippen LogP contribution is 2.37. The number of aromatic nitrogens is 1. The van der Waals surface area contributed by atoms with Crippen LogP contribution in [0.3, 0.4) is 0 Å². The van der Waals surface area contributed by atoms with Gasteiger partial charge in [-0.1, -0.05) is 6.42 Å². The molecular formula is C14H21N3O4S2. The number of rotatable bonds is 3. The number of pyridine rings is 1. The summed E-state index contributed by atoms with van der Waals surface area (Å²) in [4.78, 5) is 3.80. The molecule has 0 aromatic carbocycles. The van der Waals surface area contributed by atoms with Crippen LogP contribution in [0.25, 0.3) is 0 Å². The van der Waals surface area contributed by atoms with Crippen LogP contribution in [0.2, 0.25) is 0 Å². The molecule has 3 atom stereocenters. The second kappa shape index (κ2) is 5.80. The molecule has 1 saturated heterocycles. The first-order valence-electron chi connectivity index (χ1n) is 7.61. The van der Waals surface area contributed by atoms with E-state index in [1.807, 2.05) is 0 Å². The van der Waals surface area contributed by atoms with Gasteiger partial charge in [-0.3, -0.25) is 0 Å². The monoisotopic (exact) mass is 359 g/mol. The van der Waals surface area contributed by atoms with Crippen molar-refractivity contribution in [3.63, 3.8) is 0 Å². The van der Waals surface area contributed by atoms with E-state index in [4.69, 9.17) is 5.73 Å². The second-order valence-corrected chi connectivity index (χ2v) is 10.3. The van der Waals surface area contributed by atoms with Gasteiger partial charge >= 0.3 is 0 Å². The first-order chi connectivity index (χ1) is 10.7. The average molecular weight is 359 g/mol. The molecule has 7 nitrogen and oxygen atoms in total. The summed E-state index contributed by atoms with van der Waals surface area (Å²) in [7, 11) is -7.11. The molecule has 1 aromatic rings. The van der Waals surface area contributed by atoms with Crippen molar-refractivity contribution in [2.24, 2.45) is 17.6 Å². The van der Waals surface area contributed by atoms with Gasteiger partial charge in [-0.05, 0) is 36.8 Å². The van der Waals surface area contributed by atoms with E-state index in [0.29, 0.717) is 19.0 Å². The lowest BCUT2D eigenvalue weighted by Gasteiger charge is -2.29. The molecule has 128 valence electrons. The lowest BCUT2D eigenvalue weighted by Crippen LogP contribution is -2.38. The molecule has 1 saturated carbocycles. The molecule has 0 amide bonds. The summed E-state index contributed by atoms with van der Waals surface area (Å²) in [5.41, 5.74) is 6.13. The summed E-state index contributed by atoms with van der Waals surface area (Å²) in [6.07, 6.45) is 5.15.